The lowest BCUT2D eigenvalue weighted by molar-refractivity contribution is 0.211. The predicted molar refractivity (Wildman–Crippen MR) is 98.1 cm³/mol. The predicted octanol–water partition coefficient (Wildman–Crippen LogP) is 3.87. The first-order chi connectivity index (χ1) is 12.1. The molecule has 2 aromatic rings. The Bertz CT molecular complexity index is 717. The van der Waals surface area contributed by atoms with Crippen molar-refractivity contribution in [1.82, 2.24) is 9.80 Å². The largest absolute Gasteiger partial charge is 0.323 e. The molecule has 2 amide bonds. The van der Waals surface area contributed by atoms with Gasteiger partial charge in [0.15, 0.2) is 0 Å². The fraction of sp³-hybridized carbons (Fsp3) is 0.350. The molecule has 1 fully saturated rings. The Morgan fingerprint density at radius 3 is 2.64 bits per heavy atom. The number of carbonyl (C=O) groups excluding carboxylic acids is 1. The molecular weight excluding hydrogens is 317 g/mol. The average Bonchev–Trinajstić information content (AvgIpc) is 2.83. The summed E-state index contributed by atoms with van der Waals surface area (Å²) in [5.74, 6) is -0.210. The van der Waals surface area contributed by atoms with Crippen molar-refractivity contribution < 1.29 is 9.18 Å². The standard InChI is InChI=1S/C20H24FN3O/c1-16-4-2-5-19(14-16)22-20(25)24-11-3-10-23(12-13-24)15-17-6-8-18(21)9-7-17/h2,4-9,14H,3,10-13,15H2,1H3,(H,22,25). The molecule has 1 heterocycles. The van der Waals surface area contributed by atoms with Gasteiger partial charge in [0.2, 0.25) is 0 Å². The smallest absolute Gasteiger partial charge is 0.321 e. The normalized spacial score (nSPS) is 15.7. The van der Waals surface area contributed by atoms with Crippen LogP contribution in [-0.4, -0.2) is 42.0 Å². The number of amides is 2. The van der Waals surface area contributed by atoms with E-state index in [0.29, 0.717) is 6.54 Å². The van der Waals surface area contributed by atoms with Crippen molar-refractivity contribution in [1.29, 1.82) is 0 Å². The summed E-state index contributed by atoms with van der Waals surface area (Å²) in [5.41, 5.74) is 3.05. The third kappa shape index (κ3) is 5.03. The molecule has 0 aromatic heterocycles. The lowest BCUT2D eigenvalue weighted by atomic mass is 10.2. The van der Waals surface area contributed by atoms with E-state index in [-0.39, 0.29) is 11.8 Å². The van der Waals surface area contributed by atoms with Crippen molar-refractivity contribution >= 4 is 11.7 Å². The maximum Gasteiger partial charge on any atom is 0.321 e. The van der Waals surface area contributed by atoms with Gasteiger partial charge in [0.25, 0.3) is 0 Å². The SMILES string of the molecule is Cc1cccc(NC(=O)N2CCCN(Cc3ccc(F)cc3)CC2)c1. The number of carbonyl (C=O) groups is 1. The first kappa shape index (κ1) is 17.4. The molecule has 2 aromatic carbocycles. The van der Waals surface area contributed by atoms with Crippen LogP contribution in [0.25, 0.3) is 0 Å². The van der Waals surface area contributed by atoms with Crippen LogP contribution >= 0.6 is 0 Å². The molecule has 0 atom stereocenters. The van der Waals surface area contributed by atoms with Gasteiger partial charge in [-0.3, -0.25) is 4.90 Å². The third-order valence-electron chi connectivity index (χ3n) is 4.46. The zero-order valence-electron chi connectivity index (χ0n) is 14.5. The van der Waals surface area contributed by atoms with E-state index in [1.807, 2.05) is 48.2 Å². The van der Waals surface area contributed by atoms with Crippen LogP contribution in [0.1, 0.15) is 17.5 Å². The summed E-state index contributed by atoms with van der Waals surface area (Å²) >= 11 is 0. The van der Waals surface area contributed by atoms with Crippen molar-refractivity contribution in [2.75, 3.05) is 31.5 Å². The second-order valence-electron chi connectivity index (χ2n) is 6.54. The number of halogens is 1. The van der Waals surface area contributed by atoms with Crippen molar-refractivity contribution in [2.24, 2.45) is 0 Å². The van der Waals surface area contributed by atoms with Crippen LogP contribution < -0.4 is 5.32 Å². The van der Waals surface area contributed by atoms with Crippen LogP contribution in [0.2, 0.25) is 0 Å². The van der Waals surface area contributed by atoms with E-state index in [4.69, 9.17) is 0 Å². The number of urea groups is 1. The average molecular weight is 341 g/mol. The highest BCUT2D eigenvalue weighted by Gasteiger charge is 2.19. The van der Waals surface area contributed by atoms with Crippen molar-refractivity contribution in [3.63, 3.8) is 0 Å². The molecule has 0 saturated carbocycles. The fourth-order valence-corrected chi connectivity index (χ4v) is 3.11. The second-order valence-corrected chi connectivity index (χ2v) is 6.54. The summed E-state index contributed by atoms with van der Waals surface area (Å²) in [6, 6.07) is 14.4. The second kappa shape index (κ2) is 8.12. The molecule has 132 valence electrons. The van der Waals surface area contributed by atoms with E-state index < -0.39 is 0 Å². The maximum atomic E-state index is 13.0. The molecule has 1 N–H and O–H groups in total. The van der Waals surface area contributed by atoms with Crippen molar-refractivity contribution in [2.45, 2.75) is 19.9 Å². The Balaban J connectivity index is 1.54. The Morgan fingerprint density at radius 1 is 1.08 bits per heavy atom. The van der Waals surface area contributed by atoms with Gasteiger partial charge in [0.05, 0.1) is 0 Å². The molecule has 4 nitrogen and oxygen atoms in total. The number of anilines is 1. The number of nitrogens with zero attached hydrogens (tertiary/aromatic N) is 2. The molecule has 0 unspecified atom stereocenters. The first-order valence-corrected chi connectivity index (χ1v) is 8.69. The van der Waals surface area contributed by atoms with Crippen LogP contribution in [-0.2, 0) is 6.54 Å². The van der Waals surface area contributed by atoms with E-state index in [0.717, 1.165) is 49.4 Å². The van der Waals surface area contributed by atoms with E-state index >= 15 is 0 Å². The number of hydrogen-bond acceptors (Lipinski definition) is 2. The third-order valence-corrected chi connectivity index (χ3v) is 4.46. The Hall–Kier alpha value is -2.40. The van der Waals surface area contributed by atoms with Gasteiger partial charge in [-0.05, 0) is 48.7 Å². The number of nitrogens with one attached hydrogen (secondary N) is 1. The summed E-state index contributed by atoms with van der Waals surface area (Å²) in [4.78, 5) is 16.7. The van der Waals surface area contributed by atoms with Crippen LogP contribution in [0.5, 0.6) is 0 Å². The highest BCUT2D eigenvalue weighted by molar-refractivity contribution is 5.89. The molecule has 1 saturated heterocycles. The molecule has 3 rings (SSSR count). The molecule has 1 aliphatic heterocycles. The zero-order valence-corrected chi connectivity index (χ0v) is 14.5. The van der Waals surface area contributed by atoms with Crippen molar-refractivity contribution in [3.05, 3.63) is 65.5 Å². The molecule has 0 spiro atoms. The maximum absolute atomic E-state index is 13.0. The van der Waals surface area contributed by atoms with Gasteiger partial charge in [-0.25, -0.2) is 9.18 Å². The molecule has 1 aliphatic rings. The number of aryl methyl sites for hydroxylation is 1. The number of hydrogen-bond donors (Lipinski definition) is 1. The monoisotopic (exact) mass is 341 g/mol. The van der Waals surface area contributed by atoms with Gasteiger partial charge in [-0.1, -0.05) is 24.3 Å². The minimum atomic E-state index is -0.210. The van der Waals surface area contributed by atoms with Gasteiger partial charge in [0, 0.05) is 38.4 Å². The van der Waals surface area contributed by atoms with E-state index in [1.165, 1.54) is 12.1 Å². The van der Waals surface area contributed by atoms with Gasteiger partial charge in [-0.15, -0.1) is 0 Å². The lowest BCUT2D eigenvalue weighted by Crippen LogP contribution is -2.38. The first-order valence-electron chi connectivity index (χ1n) is 8.69. The number of benzene rings is 2. The highest BCUT2D eigenvalue weighted by atomic mass is 19.1. The van der Waals surface area contributed by atoms with Crippen LogP contribution in [0.3, 0.4) is 0 Å². The Morgan fingerprint density at radius 2 is 1.88 bits per heavy atom. The molecule has 0 radical (unpaired) electrons. The topological polar surface area (TPSA) is 35.6 Å². The minimum absolute atomic E-state index is 0.0470. The zero-order chi connectivity index (χ0) is 17.6. The van der Waals surface area contributed by atoms with Gasteiger partial charge in [0.1, 0.15) is 5.82 Å². The molecular formula is C20H24FN3O. The summed E-state index contributed by atoms with van der Waals surface area (Å²) in [5, 5.41) is 2.98. The fourth-order valence-electron chi connectivity index (χ4n) is 3.11. The quantitative estimate of drug-likeness (QED) is 0.920. The van der Waals surface area contributed by atoms with Crippen molar-refractivity contribution in [3.8, 4) is 0 Å². The lowest BCUT2D eigenvalue weighted by Gasteiger charge is -2.22. The molecule has 25 heavy (non-hydrogen) atoms. The van der Waals surface area contributed by atoms with Crippen LogP contribution in [0.4, 0.5) is 14.9 Å². The van der Waals surface area contributed by atoms with Gasteiger partial charge >= 0.3 is 6.03 Å². The Labute approximate surface area is 148 Å². The van der Waals surface area contributed by atoms with E-state index in [2.05, 4.69) is 10.2 Å². The summed E-state index contributed by atoms with van der Waals surface area (Å²) in [6.07, 6.45) is 0.933. The molecule has 0 aliphatic carbocycles. The molecule has 0 bridgehead atoms. The van der Waals surface area contributed by atoms with Gasteiger partial charge < -0.3 is 10.2 Å². The van der Waals surface area contributed by atoms with E-state index in [9.17, 15) is 9.18 Å². The number of rotatable bonds is 3. The molecule has 5 heteroatoms. The summed E-state index contributed by atoms with van der Waals surface area (Å²) in [6.45, 7) is 5.99. The van der Waals surface area contributed by atoms with Gasteiger partial charge in [-0.2, -0.15) is 0 Å². The minimum Gasteiger partial charge on any atom is -0.323 e. The Kier molecular flexibility index (Phi) is 5.66. The highest BCUT2D eigenvalue weighted by Crippen LogP contribution is 2.13. The van der Waals surface area contributed by atoms with Crippen LogP contribution in [0, 0.1) is 12.7 Å². The van der Waals surface area contributed by atoms with Crippen LogP contribution in [0.15, 0.2) is 48.5 Å². The summed E-state index contributed by atoms with van der Waals surface area (Å²) in [7, 11) is 0. The van der Waals surface area contributed by atoms with E-state index in [1.54, 1.807) is 0 Å². The summed E-state index contributed by atoms with van der Waals surface area (Å²) < 4.78 is 13.0.